The zero-order valence-electron chi connectivity index (χ0n) is 20.2. The van der Waals surface area contributed by atoms with Crippen molar-refractivity contribution in [1.29, 1.82) is 0 Å². The highest BCUT2D eigenvalue weighted by molar-refractivity contribution is 7.80. The van der Waals surface area contributed by atoms with Gasteiger partial charge in [-0.1, -0.05) is 0 Å². The molecule has 3 heterocycles. The molecule has 0 aliphatic carbocycles. The molecule has 0 amide bonds. The lowest BCUT2D eigenvalue weighted by molar-refractivity contribution is 0.0893. The maximum Gasteiger partial charge on any atom is 0.0544 e. The number of nitrogens with zero attached hydrogens (tertiary/aromatic N) is 3. The fourth-order valence-electron chi connectivity index (χ4n) is 5.45. The van der Waals surface area contributed by atoms with Crippen molar-refractivity contribution in [3.8, 4) is 0 Å². The van der Waals surface area contributed by atoms with Crippen LogP contribution in [0.5, 0.6) is 0 Å². The molecule has 3 saturated heterocycles. The summed E-state index contributed by atoms with van der Waals surface area (Å²) in [7, 11) is 0. The molecule has 0 saturated carbocycles. The van der Waals surface area contributed by atoms with E-state index in [9.17, 15) is 0 Å². The molecule has 0 bridgehead atoms. The Kier molecular flexibility index (Phi) is 9.32. The van der Waals surface area contributed by atoms with Gasteiger partial charge >= 0.3 is 0 Å². The van der Waals surface area contributed by atoms with Crippen molar-refractivity contribution in [3.05, 3.63) is 0 Å². The van der Waals surface area contributed by atoms with E-state index < -0.39 is 0 Å². The molecule has 0 radical (unpaired) electrons. The van der Waals surface area contributed by atoms with Gasteiger partial charge in [0.2, 0.25) is 0 Å². The summed E-state index contributed by atoms with van der Waals surface area (Å²) in [5.41, 5.74) is 0.249. The van der Waals surface area contributed by atoms with Gasteiger partial charge < -0.3 is 16.0 Å². The van der Waals surface area contributed by atoms with Crippen molar-refractivity contribution in [2.45, 2.75) is 89.0 Å². The van der Waals surface area contributed by atoms with E-state index in [0.29, 0.717) is 29.5 Å². The zero-order chi connectivity index (χ0) is 21.7. The Morgan fingerprint density at radius 2 is 1.67 bits per heavy atom. The number of hydrogen-bond donors (Lipinski definition) is 4. The first-order valence-corrected chi connectivity index (χ1v) is 12.9. The van der Waals surface area contributed by atoms with E-state index in [1.165, 1.54) is 32.5 Å². The van der Waals surface area contributed by atoms with Crippen LogP contribution in [0.3, 0.4) is 0 Å². The number of rotatable bonds is 8. The second kappa shape index (κ2) is 11.3. The van der Waals surface area contributed by atoms with Gasteiger partial charge in [-0.05, 0) is 53.9 Å². The highest BCUT2D eigenvalue weighted by Gasteiger charge is 2.33. The quantitative estimate of drug-likeness (QED) is 0.429. The van der Waals surface area contributed by atoms with Crippen molar-refractivity contribution < 1.29 is 0 Å². The molecule has 3 aliphatic heterocycles. The monoisotopic (exact) mass is 440 g/mol. The van der Waals surface area contributed by atoms with Gasteiger partial charge in [0.25, 0.3) is 0 Å². The van der Waals surface area contributed by atoms with Crippen molar-refractivity contribution >= 4 is 12.6 Å². The second-order valence-corrected chi connectivity index (χ2v) is 11.2. The first kappa shape index (κ1) is 24.7. The van der Waals surface area contributed by atoms with Crippen LogP contribution in [0.25, 0.3) is 0 Å². The molecule has 5 atom stereocenters. The maximum absolute atomic E-state index is 4.98. The average Bonchev–Trinajstić information content (AvgIpc) is 2.72. The van der Waals surface area contributed by atoms with E-state index in [0.717, 1.165) is 45.7 Å². The van der Waals surface area contributed by atoms with Gasteiger partial charge in [-0.3, -0.25) is 14.7 Å². The number of piperazine rings is 3. The number of nitrogens with one attached hydrogen (secondary N) is 3. The first-order chi connectivity index (χ1) is 14.3. The van der Waals surface area contributed by atoms with E-state index >= 15 is 0 Å². The molecule has 0 aromatic heterocycles. The summed E-state index contributed by atoms with van der Waals surface area (Å²) in [5.74, 6) is 0. The Morgan fingerprint density at radius 3 is 2.40 bits per heavy atom. The highest BCUT2D eigenvalue weighted by Crippen LogP contribution is 2.23. The van der Waals surface area contributed by atoms with Crippen LogP contribution in [0.2, 0.25) is 0 Å². The summed E-state index contributed by atoms with van der Waals surface area (Å²) in [6, 6.07) is 2.41. The van der Waals surface area contributed by atoms with Crippen molar-refractivity contribution in [2.75, 3.05) is 58.9 Å². The molecular weight excluding hydrogens is 392 g/mol. The van der Waals surface area contributed by atoms with Crippen LogP contribution >= 0.6 is 12.6 Å². The SMILES string of the molecule is CC1CN(C(S)CC2CN(C(C)CCC3(C)CN(C(C)C)CCN3)CCN2)CCN1. The summed E-state index contributed by atoms with van der Waals surface area (Å²) in [4.78, 5) is 7.89. The molecule has 3 rings (SSSR count). The highest BCUT2D eigenvalue weighted by atomic mass is 32.1. The van der Waals surface area contributed by atoms with Gasteiger partial charge in [0.05, 0.1) is 5.37 Å². The van der Waals surface area contributed by atoms with E-state index in [1.54, 1.807) is 0 Å². The van der Waals surface area contributed by atoms with Crippen LogP contribution in [0.4, 0.5) is 0 Å². The average molecular weight is 441 g/mol. The normalized spacial score (nSPS) is 34.9. The van der Waals surface area contributed by atoms with Crippen molar-refractivity contribution in [1.82, 2.24) is 30.7 Å². The summed E-state index contributed by atoms with van der Waals surface area (Å²) in [6.45, 7) is 22.0. The third-order valence-electron chi connectivity index (χ3n) is 7.57. The third-order valence-corrected chi connectivity index (χ3v) is 8.11. The molecule has 176 valence electrons. The standard InChI is InChI=1S/C23H48N6S/c1-18(2)29-13-10-26-23(5,17-29)7-6-20(4)27-11-9-25-21(16-27)14-22(30)28-12-8-24-19(3)15-28/h18-22,24-26,30H,6-17H2,1-5H3. The first-order valence-electron chi connectivity index (χ1n) is 12.4. The van der Waals surface area contributed by atoms with Crippen molar-refractivity contribution in [3.63, 3.8) is 0 Å². The second-order valence-electron chi connectivity index (χ2n) is 10.7. The largest absolute Gasteiger partial charge is 0.312 e. The minimum Gasteiger partial charge on any atom is -0.312 e. The Bertz CT molecular complexity index is 520. The maximum atomic E-state index is 4.98. The van der Waals surface area contributed by atoms with Crippen LogP contribution in [0, 0.1) is 0 Å². The lowest BCUT2D eigenvalue weighted by Gasteiger charge is -2.45. The Labute approximate surface area is 191 Å². The number of thiol groups is 1. The summed E-state index contributed by atoms with van der Waals surface area (Å²) >= 11 is 4.98. The predicted molar refractivity (Wildman–Crippen MR) is 132 cm³/mol. The van der Waals surface area contributed by atoms with Gasteiger partial charge in [-0.2, -0.15) is 12.6 Å². The molecular formula is C23H48N6S. The number of hydrogen-bond acceptors (Lipinski definition) is 7. The van der Waals surface area contributed by atoms with Gasteiger partial charge in [0.1, 0.15) is 0 Å². The topological polar surface area (TPSA) is 45.8 Å². The molecule has 3 aliphatic rings. The smallest absolute Gasteiger partial charge is 0.0544 e. The fourth-order valence-corrected chi connectivity index (χ4v) is 5.91. The zero-order valence-corrected chi connectivity index (χ0v) is 21.1. The van der Waals surface area contributed by atoms with E-state index in [2.05, 4.69) is 65.3 Å². The van der Waals surface area contributed by atoms with Crippen LogP contribution in [0.1, 0.15) is 53.9 Å². The van der Waals surface area contributed by atoms with Gasteiger partial charge in [-0.25, -0.2) is 0 Å². The van der Waals surface area contributed by atoms with Crippen LogP contribution < -0.4 is 16.0 Å². The van der Waals surface area contributed by atoms with Gasteiger partial charge in [-0.15, -0.1) is 0 Å². The lowest BCUT2D eigenvalue weighted by Crippen LogP contribution is -2.60. The minimum atomic E-state index is 0.249. The van der Waals surface area contributed by atoms with E-state index in [4.69, 9.17) is 12.6 Å². The Balaban J connectivity index is 1.44. The molecule has 0 spiro atoms. The predicted octanol–water partition coefficient (Wildman–Crippen LogP) is 1.44. The van der Waals surface area contributed by atoms with Crippen LogP contribution in [0.15, 0.2) is 0 Å². The molecule has 5 unspecified atom stereocenters. The van der Waals surface area contributed by atoms with Crippen LogP contribution in [-0.2, 0) is 0 Å². The van der Waals surface area contributed by atoms with Gasteiger partial charge in [0, 0.05) is 88.6 Å². The molecule has 3 fully saturated rings. The Hall–Kier alpha value is 0.110. The molecule has 0 aromatic carbocycles. The fraction of sp³-hybridized carbons (Fsp3) is 1.00. The Morgan fingerprint density at radius 1 is 0.967 bits per heavy atom. The lowest BCUT2D eigenvalue weighted by atomic mass is 9.90. The van der Waals surface area contributed by atoms with E-state index in [-0.39, 0.29) is 5.54 Å². The summed E-state index contributed by atoms with van der Waals surface area (Å²) in [6.07, 6.45) is 3.64. The van der Waals surface area contributed by atoms with Crippen LogP contribution in [-0.4, -0.2) is 109 Å². The molecule has 7 heteroatoms. The summed E-state index contributed by atoms with van der Waals surface area (Å²) in [5, 5.41) is 11.5. The van der Waals surface area contributed by atoms with E-state index in [1.807, 2.05) is 0 Å². The summed E-state index contributed by atoms with van der Waals surface area (Å²) < 4.78 is 0. The minimum absolute atomic E-state index is 0.249. The molecule has 6 nitrogen and oxygen atoms in total. The third kappa shape index (κ3) is 7.06. The molecule has 30 heavy (non-hydrogen) atoms. The van der Waals surface area contributed by atoms with Crippen molar-refractivity contribution in [2.24, 2.45) is 0 Å². The molecule has 0 aromatic rings. The molecule has 3 N–H and O–H groups in total. The van der Waals surface area contributed by atoms with Gasteiger partial charge in [0.15, 0.2) is 0 Å².